The highest BCUT2D eigenvalue weighted by Crippen LogP contribution is 2.31. The number of likely N-dealkylation sites (tertiary alicyclic amines) is 1. The molecule has 0 N–H and O–H groups in total. The average Bonchev–Trinajstić information content (AvgIpc) is 3.28. The van der Waals surface area contributed by atoms with Crippen LogP contribution in [0.15, 0.2) is 28.9 Å². The molecule has 1 fully saturated rings. The molecule has 2 aromatic heterocycles. The number of hydrogen-bond donors (Lipinski definition) is 0. The fraction of sp³-hybridized carbons (Fsp3) is 0.500. The molecule has 1 saturated heterocycles. The monoisotopic (exact) mass is 332 g/mol. The number of aromatic nitrogens is 3. The summed E-state index contributed by atoms with van der Waals surface area (Å²) in [6.45, 7) is 1.86. The van der Waals surface area contributed by atoms with Gasteiger partial charge in [0.05, 0.1) is 19.3 Å². The van der Waals surface area contributed by atoms with E-state index in [1.165, 1.54) is 0 Å². The third-order valence-corrected chi connectivity index (χ3v) is 3.84. The number of methoxy groups -OCH3 is 1. The van der Waals surface area contributed by atoms with E-state index in [2.05, 4.69) is 15.1 Å². The van der Waals surface area contributed by atoms with Crippen LogP contribution in [0.2, 0.25) is 0 Å². The van der Waals surface area contributed by atoms with Crippen LogP contribution in [0.25, 0.3) is 0 Å². The minimum Gasteiger partial charge on any atom is -0.382 e. The van der Waals surface area contributed by atoms with Gasteiger partial charge in [0, 0.05) is 19.9 Å². The van der Waals surface area contributed by atoms with E-state index in [4.69, 9.17) is 14.0 Å². The van der Waals surface area contributed by atoms with Crippen molar-refractivity contribution in [1.29, 1.82) is 0 Å². The minimum absolute atomic E-state index is 0.110. The first-order valence-corrected chi connectivity index (χ1v) is 7.90. The first kappa shape index (κ1) is 16.5. The molecule has 0 radical (unpaired) electrons. The van der Waals surface area contributed by atoms with Gasteiger partial charge in [0.2, 0.25) is 0 Å². The summed E-state index contributed by atoms with van der Waals surface area (Å²) in [7, 11) is 1.61. The molecule has 1 aliphatic rings. The normalized spacial score (nSPS) is 17.4. The van der Waals surface area contributed by atoms with Gasteiger partial charge in [-0.3, -0.25) is 9.78 Å². The Bertz CT molecular complexity index is 661. The lowest BCUT2D eigenvalue weighted by atomic mass is 10.2. The summed E-state index contributed by atoms with van der Waals surface area (Å²) in [4.78, 5) is 22.9. The molecule has 0 saturated carbocycles. The molecule has 128 valence electrons. The van der Waals surface area contributed by atoms with E-state index in [0.29, 0.717) is 37.2 Å². The van der Waals surface area contributed by atoms with Crippen molar-refractivity contribution in [3.05, 3.63) is 41.8 Å². The van der Waals surface area contributed by atoms with Gasteiger partial charge >= 0.3 is 0 Å². The van der Waals surface area contributed by atoms with Gasteiger partial charge in [-0.25, -0.2) is 0 Å². The molecule has 1 atom stereocenters. The molecule has 1 aliphatic heterocycles. The highest BCUT2D eigenvalue weighted by atomic mass is 16.5. The van der Waals surface area contributed by atoms with Gasteiger partial charge in [0.1, 0.15) is 12.3 Å². The lowest BCUT2D eigenvalue weighted by molar-refractivity contribution is 0.0494. The Morgan fingerprint density at radius 2 is 2.33 bits per heavy atom. The number of amides is 1. The van der Waals surface area contributed by atoms with E-state index < -0.39 is 0 Å². The van der Waals surface area contributed by atoms with Crippen molar-refractivity contribution in [1.82, 2.24) is 20.0 Å². The maximum atomic E-state index is 12.6. The largest absolute Gasteiger partial charge is 0.382 e. The summed E-state index contributed by atoms with van der Waals surface area (Å²) in [6.07, 6.45) is 3.32. The van der Waals surface area contributed by atoms with Crippen LogP contribution >= 0.6 is 0 Å². The third kappa shape index (κ3) is 3.77. The zero-order valence-electron chi connectivity index (χ0n) is 13.6. The molecule has 3 heterocycles. The summed E-state index contributed by atoms with van der Waals surface area (Å²) in [5, 5.41) is 4.01. The molecule has 1 unspecified atom stereocenters. The second-order valence-corrected chi connectivity index (χ2v) is 5.46. The molecule has 8 heteroatoms. The molecule has 8 nitrogen and oxygen atoms in total. The fourth-order valence-corrected chi connectivity index (χ4v) is 2.68. The fourth-order valence-electron chi connectivity index (χ4n) is 2.68. The minimum atomic E-state index is -0.184. The quantitative estimate of drug-likeness (QED) is 0.711. The lowest BCUT2D eigenvalue weighted by Crippen LogP contribution is -2.31. The van der Waals surface area contributed by atoms with Gasteiger partial charge in [-0.2, -0.15) is 4.98 Å². The molecule has 0 aliphatic carbocycles. The molecule has 0 aromatic carbocycles. The Kier molecular flexibility index (Phi) is 5.50. The Balaban J connectivity index is 1.65. The summed E-state index contributed by atoms with van der Waals surface area (Å²) in [5.74, 6) is 0.807. The van der Waals surface area contributed by atoms with Crippen molar-refractivity contribution < 1.29 is 18.8 Å². The molecule has 1 amide bonds. The molecular weight excluding hydrogens is 312 g/mol. The van der Waals surface area contributed by atoms with Gasteiger partial charge in [0.15, 0.2) is 5.82 Å². The third-order valence-electron chi connectivity index (χ3n) is 3.84. The average molecular weight is 332 g/mol. The molecule has 3 rings (SSSR count). The van der Waals surface area contributed by atoms with Gasteiger partial charge in [-0.1, -0.05) is 11.2 Å². The zero-order valence-corrected chi connectivity index (χ0v) is 13.6. The molecule has 24 heavy (non-hydrogen) atoms. The van der Waals surface area contributed by atoms with Crippen molar-refractivity contribution in [2.24, 2.45) is 0 Å². The van der Waals surface area contributed by atoms with Crippen LogP contribution in [-0.4, -0.2) is 52.8 Å². The van der Waals surface area contributed by atoms with E-state index >= 15 is 0 Å². The Hall–Kier alpha value is -2.32. The Morgan fingerprint density at radius 3 is 3.12 bits per heavy atom. The highest BCUT2D eigenvalue weighted by molar-refractivity contribution is 5.92. The topological polar surface area (TPSA) is 90.6 Å². The second-order valence-electron chi connectivity index (χ2n) is 5.46. The molecule has 2 aromatic rings. The first-order chi connectivity index (χ1) is 11.8. The number of hydrogen-bond acceptors (Lipinski definition) is 7. The number of pyridine rings is 1. The number of nitrogens with zero attached hydrogens (tertiary/aromatic N) is 4. The van der Waals surface area contributed by atoms with Crippen LogP contribution in [-0.2, 0) is 16.1 Å². The smallest absolute Gasteiger partial charge is 0.273 e. The van der Waals surface area contributed by atoms with Gasteiger partial charge < -0.3 is 18.9 Å². The van der Waals surface area contributed by atoms with Crippen LogP contribution in [0.5, 0.6) is 0 Å². The van der Waals surface area contributed by atoms with E-state index in [1.54, 1.807) is 36.4 Å². The SMILES string of the molecule is COCCOCc1nc(C2CCCN2C(=O)c2ccccn2)no1. The molecule has 0 spiro atoms. The zero-order chi connectivity index (χ0) is 16.8. The van der Waals surface area contributed by atoms with Crippen LogP contribution in [0.4, 0.5) is 0 Å². The van der Waals surface area contributed by atoms with Crippen molar-refractivity contribution in [2.45, 2.75) is 25.5 Å². The lowest BCUT2D eigenvalue weighted by Gasteiger charge is -2.21. The van der Waals surface area contributed by atoms with Crippen LogP contribution in [0.1, 0.15) is 41.1 Å². The van der Waals surface area contributed by atoms with E-state index in [0.717, 1.165) is 12.8 Å². The van der Waals surface area contributed by atoms with Gasteiger partial charge in [-0.15, -0.1) is 0 Å². The summed E-state index contributed by atoms with van der Waals surface area (Å²) in [5.41, 5.74) is 0.427. The predicted molar refractivity (Wildman–Crippen MR) is 83.1 cm³/mol. The van der Waals surface area contributed by atoms with Crippen molar-refractivity contribution in [2.75, 3.05) is 26.9 Å². The number of rotatable bonds is 7. The predicted octanol–water partition coefficient (Wildman–Crippen LogP) is 1.60. The summed E-state index contributed by atoms with van der Waals surface area (Å²) < 4.78 is 15.5. The van der Waals surface area contributed by atoms with E-state index in [-0.39, 0.29) is 18.6 Å². The Labute approximate surface area is 139 Å². The standard InChI is InChI=1S/C16H20N4O4/c1-22-9-10-23-11-14-18-15(19-24-14)13-6-4-8-20(13)16(21)12-5-2-3-7-17-12/h2-3,5,7,13H,4,6,8-11H2,1H3. The Morgan fingerprint density at radius 1 is 1.42 bits per heavy atom. The maximum Gasteiger partial charge on any atom is 0.273 e. The molecule has 0 bridgehead atoms. The van der Waals surface area contributed by atoms with Crippen molar-refractivity contribution in [3.63, 3.8) is 0 Å². The summed E-state index contributed by atoms with van der Waals surface area (Å²) in [6, 6.07) is 5.11. The summed E-state index contributed by atoms with van der Waals surface area (Å²) >= 11 is 0. The number of ether oxygens (including phenoxy) is 2. The number of carbonyl (C=O) groups is 1. The van der Waals surface area contributed by atoms with Crippen molar-refractivity contribution in [3.8, 4) is 0 Å². The van der Waals surface area contributed by atoms with E-state index in [9.17, 15) is 4.79 Å². The van der Waals surface area contributed by atoms with Crippen molar-refractivity contribution >= 4 is 5.91 Å². The van der Waals surface area contributed by atoms with Crippen LogP contribution in [0, 0.1) is 0 Å². The second kappa shape index (κ2) is 7.98. The van der Waals surface area contributed by atoms with E-state index in [1.807, 2.05) is 0 Å². The van der Waals surface area contributed by atoms with Crippen LogP contribution in [0.3, 0.4) is 0 Å². The first-order valence-electron chi connectivity index (χ1n) is 7.90. The molecular formula is C16H20N4O4. The maximum absolute atomic E-state index is 12.6. The van der Waals surface area contributed by atoms with Crippen LogP contribution < -0.4 is 0 Å². The van der Waals surface area contributed by atoms with Gasteiger partial charge in [-0.05, 0) is 25.0 Å². The van der Waals surface area contributed by atoms with Gasteiger partial charge in [0.25, 0.3) is 11.8 Å². The highest BCUT2D eigenvalue weighted by Gasteiger charge is 2.34. The number of carbonyl (C=O) groups excluding carboxylic acids is 1.